The van der Waals surface area contributed by atoms with Crippen LogP contribution in [0, 0.1) is 6.92 Å². The van der Waals surface area contributed by atoms with Gasteiger partial charge in [-0.15, -0.1) is 0 Å². The standard InChI is InChI=1S/C23H30N2/c1-3-4-10-18-11-8-14-21-20(13-5-6-15-24)23(25-22(18)21)19-12-7-9-17(2)16-19/h7-9,11-12,14,16,25H,3-6,10,13,15,24H2,1-2H3. The summed E-state index contributed by atoms with van der Waals surface area (Å²) >= 11 is 0. The van der Waals surface area contributed by atoms with Gasteiger partial charge in [-0.2, -0.15) is 0 Å². The number of H-pyrrole nitrogens is 1. The molecule has 0 fully saturated rings. The molecule has 132 valence electrons. The van der Waals surface area contributed by atoms with E-state index < -0.39 is 0 Å². The lowest BCUT2D eigenvalue weighted by Gasteiger charge is -2.06. The topological polar surface area (TPSA) is 41.8 Å². The van der Waals surface area contributed by atoms with Crippen LogP contribution in [0.25, 0.3) is 22.2 Å². The van der Waals surface area contributed by atoms with Gasteiger partial charge in [0, 0.05) is 16.6 Å². The maximum Gasteiger partial charge on any atom is 0.0497 e. The van der Waals surface area contributed by atoms with Gasteiger partial charge >= 0.3 is 0 Å². The molecule has 2 nitrogen and oxygen atoms in total. The lowest BCUT2D eigenvalue weighted by atomic mass is 9.98. The molecular formula is C23H30N2. The molecule has 0 saturated carbocycles. The highest BCUT2D eigenvalue weighted by Gasteiger charge is 2.15. The van der Waals surface area contributed by atoms with E-state index in [9.17, 15) is 0 Å². The summed E-state index contributed by atoms with van der Waals surface area (Å²) in [5.41, 5.74) is 13.8. The van der Waals surface area contributed by atoms with Crippen molar-refractivity contribution >= 4 is 10.9 Å². The minimum absolute atomic E-state index is 0.768. The van der Waals surface area contributed by atoms with Gasteiger partial charge in [-0.25, -0.2) is 0 Å². The van der Waals surface area contributed by atoms with E-state index in [1.54, 1.807) is 0 Å². The summed E-state index contributed by atoms with van der Waals surface area (Å²) in [5.74, 6) is 0. The molecular weight excluding hydrogens is 304 g/mol. The SMILES string of the molecule is CCCCc1cccc2c(CCCCN)c(-c3cccc(C)c3)[nH]c12. The molecule has 3 rings (SSSR count). The van der Waals surface area contributed by atoms with Crippen LogP contribution in [0.3, 0.4) is 0 Å². The van der Waals surface area contributed by atoms with Crippen LogP contribution in [0.15, 0.2) is 42.5 Å². The third-order valence-corrected chi connectivity index (χ3v) is 5.01. The van der Waals surface area contributed by atoms with Gasteiger partial charge in [0.1, 0.15) is 0 Å². The minimum atomic E-state index is 0.768. The van der Waals surface area contributed by atoms with Crippen molar-refractivity contribution < 1.29 is 0 Å². The summed E-state index contributed by atoms with van der Waals surface area (Å²) in [7, 11) is 0. The van der Waals surface area contributed by atoms with Crippen LogP contribution in [0.4, 0.5) is 0 Å². The lowest BCUT2D eigenvalue weighted by Crippen LogP contribution is -1.99. The third-order valence-electron chi connectivity index (χ3n) is 5.01. The molecule has 2 aromatic carbocycles. The van der Waals surface area contributed by atoms with Gasteiger partial charge in [0.2, 0.25) is 0 Å². The molecule has 0 aliphatic heterocycles. The van der Waals surface area contributed by atoms with Crippen LogP contribution < -0.4 is 5.73 Å². The molecule has 0 spiro atoms. The predicted molar refractivity (Wildman–Crippen MR) is 109 cm³/mol. The number of hydrogen-bond acceptors (Lipinski definition) is 1. The number of nitrogens with one attached hydrogen (secondary N) is 1. The fourth-order valence-electron chi connectivity index (χ4n) is 3.66. The smallest absolute Gasteiger partial charge is 0.0497 e. The van der Waals surface area contributed by atoms with Crippen molar-refractivity contribution in [3.05, 3.63) is 59.2 Å². The summed E-state index contributed by atoms with van der Waals surface area (Å²) in [6.45, 7) is 5.18. The summed E-state index contributed by atoms with van der Waals surface area (Å²) in [6, 6.07) is 15.6. The second-order valence-corrected chi connectivity index (χ2v) is 7.04. The van der Waals surface area contributed by atoms with E-state index in [1.807, 2.05) is 0 Å². The van der Waals surface area contributed by atoms with E-state index >= 15 is 0 Å². The van der Waals surface area contributed by atoms with Gasteiger partial charge in [-0.3, -0.25) is 0 Å². The van der Waals surface area contributed by atoms with E-state index in [2.05, 4.69) is 61.3 Å². The van der Waals surface area contributed by atoms with Crippen molar-refractivity contribution in [3.63, 3.8) is 0 Å². The van der Waals surface area contributed by atoms with Gasteiger partial charge in [-0.05, 0) is 68.3 Å². The first kappa shape index (κ1) is 17.8. The first-order valence-corrected chi connectivity index (χ1v) is 9.64. The number of nitrogens with two attached hydrogens (primary N) is 1. The maximum atomic E-state index is 5.72. The first-order valence-electron chi connectivity index (χ1n) is 9.64. The Kier molecular flexibility index (Phi) is 5.93. The Morgan fingerprint density at radius 2 is 1.80 bits per heavy atom. The van der Waals surface area contributed by atoms with Crippen LogP contribution in [0.2, 0.25) is 0 Å². The fourth-order valence-corrected chi connectivity index (χ4v) is 3.66. The molecule has 0 saturated heterocycles. The molecule has 0 amide bonds. The van der Waals surface area contributed by atoms with Crippen molar-refractivity contribution in [1.29, 1.82) is 0 Å². The molecule has 0 radical (unpaired) electrons. The van der Waals surface area contributed by atoms with Crippen molar-refractivity contribution in [2.45, 2.75) is 52.4 Å². The van der Waals surface area contributed by atoms with Crippen molar-refractivity contribution in [2.75, 3.05) is 6.54 Å². The molecule has 1 heterocycles. The second-order valence-electron chi connectivity index (χ2n) is 7.04. The maximum absolute atomic E-state index is 5.72. The van der Waals surface area contributed by atoms with E-state index in [1.165, 1.54) is 51.7 Å². The van der Waals surface area contributed by atoms with E-state index in [-0.39, 0.29) is 0 Å². The van der Waals surface area contributed by atoms with Crippen LogP contribution in [0.5, 0.6) is 0 Å². The van der Waals surface area contributed by atoms with E-state index in [4.69, 9.17) is 5.73 Å². The van der Waals surface area contributed by atoms with Crippen molar-refractivity contribution in [2.24, 2.45) is 5.73 Å². The number of unbranched alkanes of at least 4 members (excludes halogenated alkanes) is 2. The average molecular weight is 335 g/mol. The van der Waals surface area contributed by atoms with Crippen LogP contribution in [0.1, 0.15) is 49.3 Å². The normalized spacial score (nSPS) is 11.3. The van der Waals surface area contributed by atoms with Crippen LogP contribution in [-0.4, -0.2) is 11.5 Å². The Bertz CT molecular complexity index is 829. The molecule has 2 heteroatoms. The molecule has 3 aromatic rings. The van der Waals surface area contributed by atoms with Crippen molar-refractivity contribution in [3.8, 4) is 11.3 Å². The largest absolute Gasteiger partial charge is 0.354 e. The third kappa shape index (κ3) is 3.96. The van der Waals surface area contributed by atoms with Crippen molar-refractivity contribution in [1.82, 2.24) is 4.98 Å². The first-order chi connectivity index (χ1) is 12.2. The number of fused-ring (bicyclic) bond motifs is 1. The van der Waals surface area contributed by atoms with E-state index in [0.29, 0.717) is 0 Å². The number of aromatic amines is 1. The number of hydrogen-bond donors (Lipinski definition) is 2. The second kappa shape index (κ2) is 8.35. The predicted octanol–water partition coefficient (Wildman–Crippen LogP) is 5.77. The Hall–Kier alpha value is -2.06. The quantitative estimate of drug-likeness (QED) is 0.505. The monoisotopic (exact) mass is 334 g/mol. The zero-order valence-electron chi connectivity index (χ0n) is 15.6. The molecule has 0 bridgehead atoms. The summed E-state index contributed by atoms with van der Waals surface area (Å²) < 4.78 is 0. The Morgan fingerprint density at radius 3 is 2.56 bits per heavy atom. The molecule has 0 aliphatic rings. The van der Waals surface area contributed by atoms with Crippen LogP contribution in [-0.2, 0) is 12.8 Å². The molecule has 0 unspecified atom stereocenters. The zero-order valence-corrected chi connectivity index (χ0v) is 15.6. The molecule has 1 aromatic heterocycles. The number of aryl methyl sites for hydroxylation is 3. The summed E-state index contributed by atoms with van der Waals surface area (Å²) in [5, 5.41) is 1.39. The molecule has 25 heavy (non-hydrogen) atoms. The Balaban J connectivity index is 2.11. The fraction of sp³-hybridized carbons (Fsp3) is 0.391. The van der Waals surface area contributed by atoms with Gasteiger partial charge in [0.15, 0.2) is 0 Å². The lowest BCUT2D eigenvalue weighted by molar-refractivity contribution is 0.748. The summed E-state index contributed by atoms with van der Waals surface area (Å²) in [4.78, 5) is 3.78. The highest BCUT2D eigenvalue weighted by atomic mass is 14.7. The minimum Gasteiger partial charge on any atom is -0.354 e. The number of benzene rings is 2. The van der Waals surface area contributed by atoms with Gasteiger partial charge in [0.25, 0.3) is 0 Å². The molecule has 3 N–H and O–H groups in total. The van der Waals surface area contributed by atoms with Crippen LogP contribution >= 0.6 is 0 Å². The number of aromatic nitrogens is 1. The van der Waals surface area contributed by atoms with Gasteiger partial charge < -0.3 is 10.7 Å². The zero-order chi connectivity index (χ0) is 17.6. The Labute approximate surface area is 151 Å². The van der Waals surface area contributed by atoms with Gasteiger partial charge in [0.05, 0.1) is 0 Å². The van der Waals surface area contributed by atoms with E-state index in [0.717, 1.165) is 32.2 Å². The average Bonchev–Trinajstić information content (AvgIpc) is 2.99. The Morgan fingerprint density at radius 1 is 0.960 bits per heavy atom. The number of para-hydroxylation sites is 1. The highest BCUT2D eigenvalue weighted by Crippen LogP contribution is 2.34. The number of rotatable bonds is 8. The summed E-state index contributed by atoms with van der Waals surface area (Å²) in [6.07, 6.45) is 6.91. The van der Waals surface area contributed by atoms with Gasteiger partial charge in [-0.1, -0.05) is 55.3 Å². The molecule has 0 aliphatic carbocycles. The molecule has 0 atom stereocenters. The highest BCUT2D eigenvalue weighted by molar-refractivity contribution is 5.93.